The highest BCUT2D eigenvalue weighted by Gasteiger charge is 2.32. The first-order chi connectivity index (χ1) is 9.29. The van der Waals surface area contributed by atoms with Gasteiger partial charge in [0.15, 0.2) is 0 Å². The van der Waals surface area contributed by atoms with Crippen molar-refractivity contribution in [1.29, 1.82) is 0 Å². The van der Waals surface area contributed by atoms with Gasteiger partial charge in [-0.15, -0.1) is 0 Å². The number of benzene rings is 1. The molecule has 2 rings (SSSR count). The summed E-state index contributed by atoms with van der Waals surface area (Å²) in [5.41, 5.74) is 0.961. The summed E-state index contributed by atoms with van der Waals surface area (Å²) in [7, 11) is -3.63. The molecular weight excluding hydrogens is 346 g/mol. The van der Waals surface area contributed by atoms with Gasteiger partial charge in [0.1, 0.15) is 0 Å². The van der Waals surface area contributed by atoms with E-state index in [4.69, 9.17) is 5.11 Å². The predicted octanol–water partition coefficient (Wildman–Crippen LogP) is 2.29. The summed E-state index contributed by atoms with van der Waals surface area (Å²) in [6, 6.07) is 4.71. The summed E-state index contributed by atoms with van der Waals surface area (Å²) in [6.45, 7) is 1.88. The molecule has 0 heterocycles. The Bertz CT molecular complexity index is 629. The fourth-order valence-corrected chi connectivity index (χ4v) is 4.89. The van der Waals surface area contributed by atoms with Gasteiger partial charge in [-0.05, 0) is 59.8 Å². The van der Waals surface area contributed by atoms with Gasteiger partial charge in [-0.2, -0.15) is 0 Å². The summed E-state index contributed by atoms with van der Waals surface area (Å²) < 4.78 is 27.7. The van der Waals surface area contributed by atoms with Crippen molar-refractivity contribution < 1.29 is 18.3 Å². The molecule has 2 atom stereocenters. The Hall–Kier alpha value is -0.920. The third-order valence-corrected chi connectivity index (χ3v) is 5.98. The topological polar surface area (TPSA) is 83.5 Å². The smallest absolute Gasteiger partial charge is 0.306 e. The molecule has 0 saturated heterocycles. The number of carboxylic acid groups (broad SMARTS) is 1. The number of carboxylic acids is 1. The fraction of sp³-hybridized carbons (Fsp3) is 0.462. The number of sulfonamides is 1. The minimum absolute atomic E-state index is 0.182. The number of rotatable bonds is 4. The van der Waals surface area contributed by atoms with Crippen molar-refractivity contribution in [3.63, 3.8) is 0 Å². The highest BCUT2D eigenvalue weighted by atomic mass is 79.9. The van der Waals surface area contributed by atoms with E-state index in [1.165, 1.54) is 0 Å². The van der Waals surface area contributed by atoms with Crippen molar-refractivity contribution in [3.05, 3.63) is 28.2 Å². The Kier molecular flexibility index (Phi) is 4.51. The van der Waals surface area contributed by atoms with Crippen molar-refractivity contribution in [2.45, 2.75) is 37.1 Å². The normalized spacial score (nSPS) is 22.9. The van der Waals surface area contributed by atoms with Crippen LogP contribution in [-0.4, -0.2) is 25.5 Å². The quantitative estimate of drug-likeness (QED) is 0.861. The zero-order chi connectivity index (χ0) is 14.9. The average Bonchev–Trinajstić information content (AvgIpc) is 2.76. The van der Waals surface area contributed by atoms with Crippen molar-refractivity contribution in [2.24, 2.45) is 5.92 Å². The molecule has 0 spiro atoms. The lowest BCUT2D eigenvalue weighted by molar-refractivity contribution is -0.141. The van der Waals surface area contributed by atoms with Crippen LogP contribution in [0.5, 0.6) is 0 Å². The maximum atomic E-state index is 12.3. The van der Waals surface area contributed by atoms with Gasteiger partial charge in [0.2, 0.25) is 10.0 Å². The van der Waals surface area contributed by atoms with Crippen LogP contribution in [0.25, 0.3) is 0 Å². The first kappa shape index (κ1) is 15.5. The van der Waals surface area contributed by atoms with Crippen molar-refractivity contribution in [2.75, 3.05) is 0 Å². The standard InChI is InChI=1S/C13H16BrNO4S/c1-8-2-5-12(11(14)6-8)20(18,19)15-10-4-3-9(7-10)13(16)17/h2,5-6,9-10,15H,3-4,7H2,1H3,(H,16,17)/t9-,10+/m1/s1. The van der Waals surface area contributed by atoms with Crippen LogP contribution in [0.2, 0.25) is 0 Å². The van der Waals surface area contributed by atoms with Gasteiger partial charge in [-0.25, -0.2) is 13.1 Å². The Morgan fingerprint density at radius 1 is 1.40 bits per heavy atom. The molecule has 20 heavy (non-hydrogen) atoms. The second kappa shape index (κ2) is 5.83. The van der Waals surface area contributed by atoms with E-state index in [0.29, 0.717) is 23.7 Å². The molecule has 7 heteroatoms. The van der Waals surface area contributed by atoms with Crippen LogP contribution in [0.4, 0.5) is 0 Å². The molecule has 5 nitrogen and oxygen atoms in total. The second-order valence-electron chi connectivity index (χ2n) is 5.10. The number of carbonyl (C=O) groups is 1. The largest absolute Gasteiger partial charge is 0.481 e. The van der Waals surface area contributed by atoms with Gasteiger partial charge in [0.05, 0.1) is 10.8 Å². The van der Waals surface area contributed by atoms with Gasteiger partial charge in [0, 0.05) is 10.5 Å². The first-order valence-corrected chi connectivity index (χ1v) is 8.58. The number of hydrogen-bond donors (Lipinski definition) is 2. The predicted molar refractivity (Wildman–Crippen MR) is 78.0 cm³/mol. The van der Waals surface area contributed by atoms with Crippen LogP contribution in [0.15, 0.2) is 27.6 Å². The molecule has 1 fully saturated rings. The number of nitrogens with one attached hydrogen (secondary N) is 1. The Balaban J connectivity index is 2.14. The van der Waals surface area contributed by atoms with E-state index >= 15 is 0 Å². The summed E-state index contributed by atoms with van der Waals surface area (Å²) in [4.78, 5) is 11.1. The SMILES string of the molecule is Cc1ccc(S(=O)(=O)N[C@H]2CC[C@@H](C(=O)O)C2)c(Br)c1. The lowest BCUT2D eigenvalue weighted by Gasteiger charge is -2.14. The zero-order valence-corrected chi connectivity index (χ0v) is 13.4. The summed E-state index contributed by atoms with van der Waals surface area (Å²) in [5, 5.41) is 8.94. The molecule has 110 valence electrons. The van der Waals surface area contributed by atoms with Gasteiger partial charge < -0.3 is 5.11 Å². The Morgan fingerprint density at radius 2 is 2.10 bits per heavy atom. The number of aliphatic carboxylic acids is 1. The van der Waals surface area contributed by atoms with Gasteiger partial charge in [0.25, 0.3) is 0 Å². The van der Waals surface area contributed by atoms with Gasteiger partial charge in [-0.3, -0.25) is 4.79 Å². The van der Waals surface area contributed by atoms with Gasteiger partial charge >= 0.3 is 5.97 Å². The van der Waals surface area contributed by atoms with Crippen molar-refractivity contribution in [3.8, 4) is 0 Å². The highest BCUT2D eigenvalue weighted by molar-refractivity contribution is 9.10. The minimum Gasteiger partial charge on any atom is -0.481 e. The third-order valence-electron chi connectivity index (χ3n) is 3.48. The maximum absolute atomic E-state index is 12.3. The van der Waals surface area contributed by atoms with Crippen molar-refractivity contribution >= 4 is 31.9 Å². The Labute approximate surface area is 126 Å². The summed E-state index contributed by atoms with van der Waals surface area (Å²) in [5.74, 6) is -1.31. The molecule has 0 unspecified atom stereocenters. The summed E-state index contributed by atoms with van der Waals surface area (Å²) >= 11 is 3.25. The van der Waals surface area contributed by atoms with E-state index in [1.54, 1.807) is 18.2 Å². The zero-order valence-electron chi connectivity index (χ0n) is 11.0. The monoisotopic (exact) mass is 361 g/mol. The minimum atomic E-state index is -3.63. The van der Waals surface area contributed by atoms with Crippen LogP contribution >= 0.6 is 15.9 Å². The van der Waals surface area contributed by atoms with E-state index in [1.807, 2.05) is 6.92 Å². The van der Waals surface area contributed by atoms with E-state index in [0.717, 1.165) is 5.56 Å². The molecule has 0 aliphatic heterocycles. The van der Waals surface area contributed by atoms with Crippen LogP contribution in [0.1, 0.15) is 24.8 Å². The molecule has 1 aromatic carbocycles. The molecule has 0 amide bonds. The lowest BCUT2D eigenvalue weighted by Crippen LogP contribution is -2.33. The molecule has 0 bridgehead atoms. The average molecular weight is 362 g/mol. The van der Waals surface area contributed by atoms with E-state index in [9.17, 15) is 13.2 Å². The van der Waals surface area contributed by atoms with Gasteiger partial charge in [-0.1, -0.05) is 6.07 Å². The van der Waals surface area contributed by atoms with Crippen molar-refractivity contribution in [1.82, 2.24) is 4.72 Å². The van der Waals surface area contributed by atoms with E-state index in [-0.39, 0.29) is 10.9 Å². The molecule has 0 aromatic heterocycles. The van der Waals surface area contributed by atoms with E-state index in [2.05, 4.69) is 20.7 Å². The van der Waals surface area contributed by atoms with Crippen LogP contribution < -0.4 is 4.72 Å². The number of aryl methyl sites for hydroxylation is 1. The lowest BCUT2D eigenvalue weighted by atomic mass is 10.1. The fourth-order valence-electron chi connectivity index (χ4n) is 2.42. The molecule has 2 N–H and O–H groups in total. The second-order valence-corrected chi connectivity index (χ2v) is 7.64. The molecule has 0 radical (unpaired) electrons. The molecule has 1 aliphatic carbocycles. The van der Waals surface area contributed by atoms with Crippen LogP contribution in [0.3, 0.4) is 0 Å². The summed E-state index contributed by atoms with van der Waals surface area (Å²) in [6.07, 6.45) is 1.41. The number of hydrogen-bond acceptors (Lipinski definition) is 3. The third kappa shape index (κ3) is 3.39. The van der Waals surface area contributed by atoms with E-state index < -0.39 is 21.9 Å². The van der Waals surface area contributed by atoms with Crippen LogP contribution in [-0.2, 0) is 14.8 Å². The first-order valence-electron chi connectivity index (χ1n) is 6.31. The highest BCUT2D eigenvalue weighted by Crippen LogP contribution is 2.28. The maximum Gasteiger partial charge on any atom is 0.306 e. The molecule has 1 aromatic rings. The van der Waals surface area contributed by atoms with Crippen LogP contribution in [0, 0.1) is 12.8 Å². The molecular formula is C13H16BrNO4S. The molecule has 1 aliphatic rings. The Morgan fingerprint density at radius 3 is 2.65 bits per heavy atom. The number of halogens is 1. The molecule has 1 saturated carbocycles.